The summed E-state index contributed by atoms with van der Waals surface area (Å²) in [7, 11) is 0. The molecule has 0 spiro atoms. The molecule has 23 heavy (non-hydrogen) atoms. The van der Waals surface area contributed by atoms with Crippen LogP contribution >= 0.6 is 0 Å². The van der Waals surface area contributed by atoms with Gasteiger partial charge in [-0.05, 0) is 62.6 Å². The minimum Gasteiger partial charge on any atom is -0.306 e. The first-order chi connectivity index (χ1) is 11.2. The largest absolute Gasteiger partial charge is 0.306 e. The highest BCUT2D eigenvalue weighted by atomic mass is 15.1. The summed E-state index contributed by atoms with van der Waals surface area (Å²) in [4.78, 5) is 2.64. The third kappa shape index (κ3) is 4.36. The zero-order valence-corrected chi connectivity index (χ0v) is 15.1. The van der Waals surface area contributed by atoms with Gasteiger partial charge in [0, 0.05) is 18.6 Å². The molecule has 2 atom stereocenters. The lowest BCUT2D eigenvalue weighted by molar-refractivity contribution is 0.134. The molecule has 1 aliphatic heterocycles. The number of nitrogens with one attached hydrogen (secondary N) is 1. The molecule has 1 aromatic rings. The first kappa shape index (κ1) is 17.0. The van der Waals surface area contributed by atoms with Crippen molar-refractivity contribution in [2.45, 2.75) is 57.9 Å². The third-order valence-corrected chi connectivity index (χ3v) is 5.87. The van der Waals surface area contributed by atoms with Crippen molar-refractivity contribution in [1.82, 2.24) is 10.2 Å². The first-order valence-electron chi connectivity index (χ1n) is 9.71. The summed E-state index contributed by atoms with van der Waals surface area (Å²) in [5, 5.41) is 4.02. The number of likely N-dealkylation sites (tertiary alicyclic amines) is 1. The van der Waals surface area contributed by atoms with Crippen LogP contribution in [-0.4, -0.2) is 31.1 Å². The average molecular weight is 315 g/mol. The molecule has 3 rings (SSSR count). The molecule has 1 saturated heterocycles. The van der Waals surface area contributed by atoms with Gasteiger partial charge in [0.1, 0.15) is 0 Å². The maximum absolute atomic E-state index is 4.02. The highest BCUT2D eigenvalue weighted by molar-refractivity contribution is 5.25. The minimum absolute atomic E-state index is 0.189. The van der Waals surface area contributed by atoms with Crippen molar-refractivity contribution in [3.8, 4) is 0 Å². The number of nitrogens with zero attached hydrogens (tertiary/aromatic N) is 1. The molecule has 0 bridgehead atoms. The molecule has 2 aliphatic rings. The lowest BCUT2D eigenvalue weighted by atomic mass is 9.68. The van der Waals surface area contributed by atoms with Crippen LogP contribution in [0.1, 0.15) is 57.9 Å². The summed E-state index contributed by atoms with van der Waals surface area (Å²) in [6.45, 7) is 9.78. The van der Waals surface area contributed by atoms with Crippen LogP contribution in [0.25, 0.3) is 0 Å². The first-order valence-corrected chi connectivity index (χ1v) is 9.71. The fourth-order valence-electron chi connectivity index (χ4n) is 5.00. The SMILES string of the molecule is CC1CC(C)CC(NCCN2CCCCC2)(c2ccccc2)C1. The zero-order valence-electron chi connectivity index (χ0n) is 15.1. The monoisotopic (exact) mass is 314 g/mol. The zero-order chi connectivity index (χ0) is 16.1. The van der Waals surface area contributed by atoms with E-state index in [1.54, 1.807) is 0 Å². The van der Waals surface area contributed by atoms with Gasteiger partial charge in [-0.15, -0.1) is 0 Å². The summed E-state index contributed by atoms with van der Waals surface area (Å²) in [5.74, 6) is 1.61. The molecule has 0 amide bonds. The van der Waals surface area contributed by atoms with E-state index in [1.165, 1.54) is 63.7 Å². The van der Waals surface area contributed by atoms with Crippen LogP contribution in [-0.2, 0) is 5.54 Å². The third-order valence-electron chi connectivity index (χ3n) is 5.87. The molecular formula is C21H34N2. The van der Waals surface area contributed by atoms with Gasteiger partial charge in [-0.1, -0.05) is 50.6 Å². The van der Waals surface area contributed by atoms with E-state index >= 15 is 0 Å². The average Bonchev–Trinajstić information content (AvgIpc) is 2.56. The van der Waals surface area contributed by atoms with Crippen LogP contribution in [0.3, 0.4) is 0 Å². The van der Waals surface area contributed by atoms with Crippen LogP contribution in [0, 0.1) is 11.8 Å². The number of hydrogen-bond acceptors (Lipinski definition) is 2. The van der Waals surface area contributed by atoms with Gasteiger partial charge in [0.25, 0.3) is 0 Å². The highest BCUT2D eigenvalue weighted by Crippen LogP contribution is 2.42. The summed E-state index contributed by atoms with van der Waals surface area (Å²) in [6.07, 6.45) is 8.13. The maximum Gasteiger partial charge on any atom is 0.0440 e. The summed E-state index contributed by atoms with van der Waals surface area (Å²) >= 11 is 0. The Morgan fingerprint density at radius 3 is 2.30 bits per heavy atom. The molecule has 1 aromatic carbocycles. The van der Waals surface area contributed by atoms with E-state index < -0.39 is 0 Å². The van der Waals surface area contributed by atoms with E-state index in [0.29, 0.717) is 0 Å². The van der Waals surface area contributed by atoms with Gasteiger partial charge < -0.3 is 10.2 Å². The highest BCUT2D eigenvalue weighted by Gasteiger charge is 2.38. The normalized spacial score (nSPS) is 32.8. The number of rotatable bonds is 5. The Hall–Kier alpha value is -0.860. The Balaban J connectivity index is 1.68. The predicted octanol–water partition coefficient (Wildman–Crippen LogP) is 4.41. The molecule has 1 N–H and O–H groups in total. The van der Waals surface area contributed by atoms with E-state index in [0.717, 1.165) is 18.4 Å². The molecule has 0 radical (unpaired) electrons. The van der Waals surface area contributed by atoms with Crippen LogP contribution in [0.4, 0.5) is 0 Å². The van der Waals surface area contributed by atoms with Crippen molar-refractivity contribution < 1.29 is 0 Å². The van der Waals surface area contributed by atoms with Gasteiger partial charge in [-0.3, -0.25) is 0 Å². The Morgan fingerprint density at radius 2 is 1.65 bits per heavy atom. The standard InChI is InChI=1S/C21H34N2/c1-18-15-19(2)17-21(16-18,20-9-5-3-6-10-20)22-11-14-23-12-7-4-8-13-23/h3,5-6,9-10,18-19,22H,4,7-8,11-17H2,1-2H3. The molecule has 1 aliphatic carbocycles. The lowest BCUT2D eigenvalue weighted by Gasteiger charge is -2.45. The summed E-state index contributed by atoms with van der Waals surface area (Å²) < 4.78 is 0. The number of benzene rings is 1. The Bertz CT molecular complexity index is 454. The van der Waals surface area contributed by atoms with Crippen molar-refractivity contribution in [1.29, 1.82) is 0 Å². The topological polar surface area (TPSA) is 15.3 Å². The van der Waals surface area contributed by atoms with Gasteiger partial charge in [-0.25, -0.2) is 0 Å². The van der Waals surface area contributed by atoms with E-state index in [9.17, 15) is 0 Å². The molecule has 1 heterocycles. The number of hydrogen-bond donors (Lipinski definition) is 1. The van der Waals surface area contributed by atoms with Crippen LogP contribution in [0.5, 0.6) is 0 Å². The second kappa shape index (κ2) is 7.81. The summed E-state index contributed by atoms with van der Waals surface area (Å²) in [5.41, 5.74) is 1.69. The molecule has 128 valence electrons. The van der Waals surface area contributed by atoms with E-state index in [1.807, 2.05) is 0 Å². The van der Waals surface area contributed by atoms with Crippen molar-refractivity contribution in [2.75, 3.05) is 26.2 Å². The molecule has 2 fully saturated rings. The van der Waals surface area contributed by atoms with Crippen molar-refractivity contribution in [3.63, 3.8) is 0 Å². The molecule has 2 nitrogen and oxygen atoms in total. The molecule has 1 saturated carbocycles. The predicted molar refractivity (Wildman–Crippen MR) is 98.6 cm³/mol. The van der Waals surface area contributed by atoms with Crippen LogP contribution < -0.4 is 5.32 Å². The van der Waals surface area contributed by atoms with Gasteiger partial charge >= 0.3 is 0 Å². The Kier molecular flexibility index (Phi) is 5.76. The lowest BCUT2D eigenvalue weighted by Crippen LogP contribution is -2.50. The molecule has 0 aromatic heterocycles. The van der Waals surface area contributed by atoms with Gasteiger partial charge in [0.2, 0.25) is 0 Å². The van der Waals surface area contributed by atoms with E-state index in [4.69, 9.17) is 0 Å². The van der Waals surface area contributed by atoms with Crippen molar-refractivity contribution >= 4 is 0 Å². The van der Waals surface area contributed by atoms with E-state index in [2.05, 4.69) is 54.4 Å². The fourth-order valence-corrected chi connectivity index (χ4v) is 5.00. The number of piperidine rings is 1. The molecular weight excluding hydrogens is 280 g/mol. The van der Waals surface area contributed by atoms with Gasteiger partial charge in [0.05, 0.1) is 0 Å². The Labute approximate surface area is 142 Å². The van der Waals surface area contributed by atoms with Crippen LogP contribution in [0.2, 0.25) is 0 Å². The van der Waals surface area contributed by atoms with Gasteiger partial charge in [0.15, 0.2) is 0 Å². The molecule has 2 unspecified atom stereocenters. The van der Waals surface area contributed by atoms with E-state index in [-0.39, 0.29) is 5.54 Å². The van der Waals surface area contributed by atoms with Crippen LogP contribution in [0.15, 0.2) is 30.3 Å². The van der Waals surface area contributed by atoms with Crippen molar-refractivity contribution in [3.05, 3.63) is 35.9 Å². The minimum atomic E-state index is 0.189. The second-order valence-electron chi connectivity index (χ2n) is 8.13. The second-order valence-corrected chi connectivity index (χ2v) is 8.13. The molecule has 2 heteroatoms. The summed E-state index contributed by atoms with van der Waals surface area (Å²) in [6, 6.07) is 11.2. The van der Waals surface area contributed by atoms with Crippen molar-refractivity contribution in [2.24, 2.45) is 11.8 Å². The fraction of sp³-hybridized carbons (Fsp3) is 0.714. The Morgan fingerprint density at radius 1 is 1.00 bits per heavy atom. The maximum atomic E-state index is 4.02. The quantitative estimate of drug-likeness (QED) is 0.866. The van der Waals surface area contributed by atoms with Gasteiger partial charge in [-0.2, -0.15) is 0 Å². The smallest absolute Gasteiger partial charge is 0.0440 e.